The van der Waals surface area contributed by atoms with Crippen molar-refractivity contribution in [3.63, 3.8) is 0 Å². The SMILES string of the molecule is CC(CCN1CC=C(c2cccc3ccoc23)CC1)(c1ccccn1)C(O)C1CCCCC1.O=C(O)C(=O)O. The van der Waals surface area contributed by atoms with Gasteiger partial charge in [0.1, 0.15) is 5.58 Å². The number of aliphatic carboxylic acids is 2. The molecular weight excluding hydrogens is 496 g/mol. The molecule has 0 radical (unpaired) electrons. The fraction of sp³-hybridized carbons (Fsp3) is 0.452. The van der Waals surface area contributed by atoms with E-state index in [0.29, 0.717) is 5.92 Å². The smallest absolute Gasteiger partial charge is 0.414 e. The number of carboxylic acids is 2. The molecule has 3 heterocycles. The summed E-state index contributed by atoms with van der Waals surface area (Å²) < 4.78 is 5.77. The first-order valence-electron chi connectivity index (χ1n) is 13.7. The van der Waals surface area contributed by atoms with E-state index in [1.807, 2.05) is 18.3 Å². The number of benzene rings is 1. The lowest BCUT2D eigenvalue weighted by atomic mass is 9.69. The van der Waals surface area contributed by atoms with Gasteiger partial charge in [0, 0.05) is 41.3 Å². The molecule has 2 unspecified atom stereocenters. The minimum absolute atomic E-state index is 0.326. The minimum atomic E-state index is -1.82. The number of furan rings is 1. The number of aliphatic hydroxyl groups excluding tert-OH is 1. The highest BCUT2D eigenvalue weighted by atomic mass is 16.4. The van der Waals surface area contributed by atoms with Crippen LogP contribution >= 0.6 is 0 Å². The Morgan fingerprint density at radius 1 is 1.08 bits per heavy atom. The molecule has 0 amide bonds. The average molecular weight is 535 g/mol. The molecule has 1 aliphatic heterocycles. The van der Waals surface area contributed by atoms with E-state index in [9.17, 15) is 5.11 Å². The number of aromatic nitrogens is 1. The van der Waals surface area contributed by atoms with E-state index in [4.69, 9.17) is 29.2 Å². The van der Waals surface area contributed by atoms with E-state index in [-0.39, 0.29) is 11.5 Å². The van der Waals surface area contributed by atoms with Crippen LogP contribution in [0.1, 0.15) is 63.1 Å². The molecule has 1 saturated carbocycles. The highest BCUT2D eigenvalue weighted by molar-refractivity contribution is 6.27. The number of hydrogen-bond acceptors (Lipinski definition) is 6. The van der Waals surface area contributed by atoms with Crippen molar-refractivity contribution in [1.82, 2.24) is 9.88 Å². The monoisotopic (exact) mass is 534 g/mol. The molecule has 0 saturated heterocycles. The maximum absolute atomic E-state index is 11.6. The highest BCUT2D eigenvalue weighted by Gasteiger charge is 2.41. The van der Waals surface area contributed by atoms with Crippen molar-refractivity contribution in [2.24, 2.45) is 5.92 Å². The summed E-state index contributed by atoms with van der Waals surface area (Å²) in [5.74, 6) is -3.27. The maximum Gasteiger partial charge on any atom is 0.414 e. The molecule has 2 aliphatic rings. The second kappa shape index (κ2) is 13.0. The number of aliphatic hydroxyl groups is 1. The molecular formula is C31H38N2O6. The fourth-order valence-corrected chi connectivity index (χ4v) is 5.89. The molecule has 1 aliphatic carbocycles. The van der Waals surface area contributed by atoms with Crippen molar-refractivity contribution in [1.29, 1.82) is 0 Å². The lowest BCUT2D eigenvalue weighted by Gasteiger charge is -2.41. The van der Waals surface area contributed by atoms with Crippen molar-refractivity contribution in [3.8, 4) is 0 Å². The van der Waals surface area contributed by atoms with Crippen LogP contribution < -0.4 is 0 Å². The summed E-state index contributed by atoms with van der Waals surface area (Å²) in [4.78, 5) is 25.4. The molecule has 0 spiro atoms. The van der Waals surface area contributed by atoms with Crippen molar-refractivity contribution in [3.05, 3.63) is 72.3 Å². The van der Waals surface area contributed by atoms with Gasteiger partial charge in [-0.25, -0.2) is 9.59 Å². The van der Waals surface area contributed by atoms with Crippen LogP contribution in [0.3, 0.4) is 0 Å². The van der Waals surface area contributed by atoms with Gasteiger partial charge < -0.3 is 19.7 Å². The summed E-state index contributed by atoms with van der Waals surface area (Å²) in [6.45, 7) is 5.16. The van der Waals surface area contributed by atoms with Crippen LogP contribution in [0.25, 0.3) is 16.5 Å². The maximum atomic E-state index is 11.6. The van der Waals surface area contributed by atoms with Gasteiger partial charge in [-0.1, -0.05) is 56.5 Å². The summed E-state index contributed by atoms with van der Waals surface area (Å²) in [5, 5.41) is 27.5. The number of hydrogen-bond donors (Lipinski definition) is 3. The van der Waals surface area contributed by atoms with Crippen LogP contribution in [-0.2, 0) is 15.0 Å². The molecule has 0 bridgehead atoms. The molecule has 1 aromatic carbocycles. The number of carboxylic acid groups (broad SMARTS) is 2. The van der Waals surface area contributed by atoms with Crippen LogP contribution in [0, 0.1) is 5.92 Å². The van der Waals surface area contributed by atoms with E-state index in [1.165, 1.54) is 35.8 Å². The quantitative estimate of drug-likeness (QED) is 0.346. The third kappa shape index (κ3) is 6.94. The molecule has 1 fully saturated rings. The zero-order valence-corrected chi connectivity index (χ0v) is 22.5. The van der Waals surface area contributed by atoms with E-state index in [0.717, 1.165) is 56.6 Å². The van der Waals surface area contributed by atoms with Gasteiger partial charge in [0.15, 0.2) is 0 Å². The lowest BCUT2D eigenvalue weighted by molar-refractivity contribution is -0.159. The Labute approximate surface area is 229 Å². The molecule has 2 atom stereocenters. The fourth-order valence-electron chi connectivity index (χ4n) is 5.89. The Bertz CT molecular complexity index is 1270. The van der Waals surface area contributed by atoms with Gasteiger partial charge in [0.2, 0.25) is 0 Å². The molecule has 8 heteroatoms. The summed E-state index contributed by atoms with van der Waals surface area (Å²) in [6, 6.07) is 14.5. The second-order valence-electron chi connectivity index (χ2n) is 10.8. The molecule has 2 aromatic heterocycles. The Kier molecular flexibility index (Phi) is 9.54. The van der Waals surface area contributed by atoms with Gasteiger partial charge in [0.05, 0.1) is 12.4 Å². The van der Waals surface area contributed by atoms with Gasteiger partial charge in [-0.2, -0.15) is 0 Å². The topological polar surface area (TPSA) is 124 Å². The van der Waals surface area contributed by atoms with Crippen molar-refractivity contribution in [2.45, 2.75) is 63.4 Å². The third-order valence-electron chi connectivity index (χ3n) is 8.25. The number of para-hydroxylation sites is 1. The van der Waals surface area contributed by atoms with Crippen molar-refractivity contribution in [2.75, 3.05) is 19.6 Å². The molecule has 39 heavy (non-hydrogen) atoms. The van der Waals surface area contributed by atoms with E-state index in [2.05, 4.69) is 48.2 Å². The summed E-state index contributed by atoms with van der Waals surface area (Å²) in [6.07, 6.45) is 13.6. The standard InChI is InChI=1S/C29H36N2O2.C2H2O4/c1-29(26-12-5-6-17-30-26,28(32)24-8-3-2-4-9-24)16-20-31-18-13-22(14-19-31)25-11-7-10-23-15-21-33-27(23)25;3-1(4)2(5)6/h5-7,10-13,15,17,21,24,28,32H,2-4,8-9,14,16,18-20H2,1H3;(H,3,4)(H,5,6). The predicted molar refractivity (Wildman–Crippen MR) is 149 cm³/mol. The van der Waals surface area contributed by atoms with Crippen LogP contribution in [0.15, 0.2) is 65.4 Å². The normalized spacial score (nSPS) is 18.9. The predicted octanol–water partition coefficient (Wildman–Crippen LogP) is 5.36. The van der Waals surface area contributed by atoms with Crippen LogP contribution in [-0.4, -0.2) is 62.9 Å². The summed E-state index contributed by atoms with van der Waals surface area (Å²) >= 11 is 0. The van der Waals surface area contributed by atoms with Crippen molar-refractivity contribution >= 4 is 28.5 Å². The minimum Gasteiger partial charge on any atom is -0.473 e. The number of rotatable bonds is 7. The Hall–Kier alpha value is -3.49. The summed E-state index contributed by atoms with van der Waals surface area (Å²) in [5.41, 5.74) is 4.30. The van der Waals surface area contributed by atoms with Gasteiger partial charge in [-0.05, 0) is 61.9 Å². The molecule has 5 rings (SSSR count). The number of pyridine rings is 1. The molecule has 8 nitrogen and oxygen atoms in total. The zero-order chi connectivity index (χ0) is 27.8. The summed E-state index contributed by atoms with van der Waals surface area (Å²) in [7, 11) is 0. The van der Waals surface area contributed by atoms with Gasteiger partial charge >= 0.3 is 11.9 Å². The van der Waals surface area contributed by atoms with Gasteiger partial charge in [0.25, 0.3) is 0 Å². The third-order valence-corrected chi connectivity index (χ3v) is 8.25. The van der Waals surface area contributed by atoms with E-state index >= 15 is 0 Å². The first-order valence-corrected chi connectivity index (χ1v) is 13.7. The zero-order valence-electron chi connectivity index (χ0n) is 22.5. The van der Waals surface area contributed by atoms with Crippen LogP contribution in [0.5, 0.6) is 0 Å². The second-order valence-corrected chi connectivity index (χ2v) is 10.8. The van der Waals surface area contributed by atoms with E-state index < -0.39 is 11.9 Å². The molecule has 3 aromatic rings. The number of nitrogens with zero attached hydrogens (tertiary/aromatic N) is 2. The van der Waals surface area contributed by atoms with Crippen LogP contribution in [0.4, 0.5) is 0 Å². The highest BCUT2D eigenvalue weighted by Crippen LogP contribution is 2.39. The largest absolute Gasteiger partial charge is 0.473 e. The molecule has 3 N–H and O–H groups in total. The van der Waals surface area contributed by atoms with Gasteiger partial charge in [-0.3, -0.25) is 9.88 Å². The van der Waals surface area contributed by atoms with Crippen molar-refractivity contribution < 1.29 is 29.3 Å². The average Bonchev–Trinajstić information content (AvgIpc) is 3.46. The first-order chi connectivity index (χ1) is 18.8. The molecule has 208 valence electrons. The lowest BCUT2D eigenvalue weighted by Crippen LogP contribution is -2.45. The first kappa shape index (κ1) is 28.5. The Morgan fingerprint density at radius 2 is 1.85 bits per heavy atom. The number of fused-ring (bicyclic) bond motifs is 1. The van der Waals surface area contributed by atoms with Crippen LogP contribution in [0.2, 0.25) is 0 Å². The van der Waals surface area contributed by atoms with Gasteiger partial charge in [-0.15, -0.1) is 0 Å². The Balaban J connectivity index is 0.000000531. The van der Waals surface area contributed by atoms with E-state index in [1.54, 1.807) is 6.26 Å². The Morgan fingerprint density at radius 3 is 2.49 bits per heavy atom. The number of carbonyl (C=O) groups is 2.